The Balaban J connectivity index is 1.59. The number of amides is 1. The first kappa shape index (κ1) is 16.9. The van der Waals surface area contributed by atoms with Crippen LogP contribution in [0.15, 0.2) is 30.6 Å². The molecule has 0 spiro atoms. The van der Waals surface area contributed by atoms with Crippen molar-refractivity contribution in [1.29, 1.82) is 0 Å². The van der Waals surface area contributed by atoms with Gasteiger partial charge in [-0.1, -0.05) is 6.42 Å². The average Bonchev–Trinajstić information content (AvgIpc) is 2.67. The second-order valence-electron chi connectivity index (χ2n) is 7.24. The van der Waals surface area contributed by atoms with E-state index in [0.29, 0.717) is 11.7 Å². The molecular weight excluding hydrogens is 326 g/mol. The Morgan fingerprint density at radius 1 is 1.23 bits per heavy atom. The number of hydrogen-bond acceptors (Lipinski definition) is 5. The lowest BCUT2D eigenvalue weighted by Crippen LogP contribution is -2.44. The number of anilines is 1. The van der Waals surface area contributed by atoms with E-state index in [1.807, 2.05) is 25.2 Å². The van der Waals surface area contributed by atoms with Crippen LogP contribution in [0.1, 0.15) is 43.7 Å². The Bertz CT molecular complexity index is 775. The first-order valence-corrected chi connectivity index (χ1v) is 9.50. The predicted octanol–water partition coefficient (Wildman–Crippen LogP) is 3.09. The van der Waals surface area contributed by atoms with E-state index in [2.05, 4.69) is 20.2 Å². The van der Waals surface area contributed by atoms with Gasteiger partial charge in [0.05, 0.1) is 5.69 Å². The molecule has 1 aliphatic heterocycles. The van der Waals surface area contributed by atoms with Crippen molar-refractivity contribution in [1.82, 2.24) is 19.9 Å². The zero-order valence-corrected chi connectivity index (χ0v) is 15.2. The Morgan fingerprint density at radius 2 is 2.12 bits per heavy atom. The van der Waals surface area contributed by atoms with Crippen molar-refractivity contribution in [3.05, 3.63) is 36.3 Å². The lowest BCUT2D eigenvalue weighted by Gasteiger charge is -2.37. The molecule has 6 nitrogen and oxygen atoms in total. The summed E-state index contributed by atoms with van der Waals surface area (Å²) in [5.41, 5.74) is 1.92. The zero-order chi connectivity index (χ0) is 17.9. The number of nitrogens with one attached hydrogen (secondary N) is 1. The maximum absolute atomic E-state index is 12.6. The second-order valence-corrected chi connectivity index (χ2v) is 7.24. The summed E-state index contributed by atoms with van der Waals surface area (Å²) in [7, 11) is 1.87. The molecule has 1 saturated carbocycles. The highest BCUT2D eigenvalue weighted by atomic mass is 16.2. The number of nitrogens with zero attached hydrogens (tertiary/aromatic N) is 4. The molecule has 0 radical (unpaired) electrons. The molecule has 1 saturated heterocycles. The van der Waals surface area contributed by atoms with Crippen LogP contribution in [0.2, 0.25) is 0 Å². The normalized spacial score (nSPS) is 20.5. The zero-order valence-electron chi connectivity index (χ0n) is 15.2. The highest BCUT2D eigenvalue weighted by molar-refractivity contribution is 5.79. The van der Waals surface area contributed by atoms with E-state index in [1.54, 1.807) is 12.4 Å². The largest absolute Gasteiger partial charge is 0.373 e. The van der Waals surface area contributed by atoms with Crippen LogP contribution < -0.4 is 5.32 Å². The molecule has 0 bridgehead atoms. The van der Waals surface area contributed by atoms with E-state index in [1.165, 1.54) is 6.42 Å². The van der Waals surface area contributed by atoms with Crippen LogP contribution >= 0.6 is 0 Å². The number of rotatable bonds is 4. The average molecular weight is 351 g/mol. The van der Waals surface area contributed by atoms with Crippen LogP contribution in [0.3, 0.4) is 0 Å². The van der Waals surface area contributed by atoms with Crippen LogP contribution in [0.5, 0.6) is 0 Å². The molecular formula is C20H25N5O. The highest BCUT2D eigenvalue weighted by Gasteiger charge is 2.33. The maximum Gasteiger partial charge on any atom is 0.225 e. The summed E-state index contributed by atoms with van der Waals surface area (Å²) >= 11 is 0. The number of pyridine rings is 1. The van der Waals surface area contributed by atoms with Gasteiger partial charge in [0, 0.05) is 56.0 Å². The van der Waals surface area contributed by atoms with Gasteiger partial charge in [-0.2, -0.15) is 0 Å². The monoisotopic (exact) mass is 351 g/mol. The fraction of sp³-hybridized carbons (Fsp3) is 0.500. The summed E-state index contributed by atoms with van der Waals surface area (Å²) in [4.78, 5) is 28.3. The molecule has 3 heterocycles. The van der Waals surface area contributed by atoms with E-state index >= 15 is 0 Å². The van der Waals surface area contributed by atoms with E-state index in [4.69, 9.17) is 4.98 Å². The molecule has 2 aliphatic rings. The minimum Gasteiger partial charge on any atom is -0.373 e. The summed E-state index contributed by atoms with van der Waals surface area (Å²) in [6.45, 7) is 1.65. The number of carbonyl (C=O) groups is 1. The van der Waals surface area contributed by atoms with Gasteiger partial charge in [0.15, 0.2) is 5.82 Å². The Labute approximate surface area is 154 Å². The van der Waals surface area contributed by atoms with Crippen molar-refractivity contribution in [2.24, 2.45) is 5.92 Å². The van der Waals surface area contributed by atoms with Crippen LogP contribution in [-0.2, 0) is 4.79 Å². The van der Waals surface area contributed by atoms with E-state index in [0.717, 1.165) is 55.8 Å². The summed E-state index contributed by atoms with van der Waals surface area (Å²) in [5.74, 6) is 2.35. The van der Waals surface area contributed by atoms with Gasteiger partial charge in [0.25, 0.3) is 0 Å². The highest BCUT2D eigenvalue weighted by Crippen LogP contribution is 2.33. The summed E-state index contributed by atoms with van der Waals surface area (Å²) in [6, 6.07) is 5.88. The quantitative estimate of drug-likeness (QED) is 0.916. The lowest BCUT2D eigenvalue weighted by molar-refractivity contribution is -0.139. The van der Waals surface area contributed by atoms with Crippen molar-refractivity contribution < 1.29 is 4.79 Å². The molecule has 1 aliphatic carbocycles. The van der Waals surface area contributed by atoms with Crippen molar-refractivity contribution in [2.75, 3.05) is 25.5 Å². The number of likely N-dealkylation sites (tertiary alicyclic amines) is 1. The predicted molar refractivity (Wildman–Crippen MR) is 101 cm³/mol. The smallest absolute Gasteiger partial charge is 0.225 e. The standard InChI is InChI=1S/C20H25N5O/c1-21-18-11-17(23-19(24-18)15-7-3-9-22-12-15)16-8-4-10-25(13-16)20(26)14-5-2-6-14/h3,7,9,11-12,14,16H,2,4-6,8,10,13H2,1H3,(H,21,23,24). The topological polar surface area (TPSA) is 71.0 Å². The third-order valence-electron chi connectivity index (χ3n) is 5.53. The third kappa shape index (κ3) is 3.41. The van der Waals surface area contributed by atoms with Crippen LogP contribution in [0.4, 0.5) is 5.82 Å². The molecule has 6 heteroatoms. The molecule has 1 N–H and O–H groups in total. The van der Waals surface area contributed by atoms with Crippen molar-refractivity contribution >= 4 is 11.7 Å². The number of piperidine rings is 1. The number of aromatic nitrogens is 3. The van der Waals surface area contributed by atoms with Gasteiger partial charge in [0.1, 0.15) is 5.82 Å². The van der Waals surface area contributed by atoms with E-state index in [-0.39, 0.29) is 11.8 Å². The van der Waals surface area contributed by atoms with Crippen LogP contribution in [0, 0.1) is 5.92 Å². The summed E-state index contributed by atoms with van der Waals surface area (Å²) in [5, 5.41) is 3.14. The van der Waals surface area contributed by atoms with Crippen LogP contribution in [0.25, 0.3) is 11.4 Å². The molecule has 1 amide bonds. The van der Waals surface area contributed by atoms with Gasteiger partial charge in [-0.3, -0.25) is 9.78 Å². The van der Waals surface area contributed by atoms with E-state index in [9.17, 15) is 4.79 Å². The Kier molecular flexibility index (Phi) is 4.82. The molecule has 2 fully saturated rings. The molecule has 26 heavy (non-hydrogen) atoms. The van der Waals surface area contributed by atoms with Gasteiger partial charge < -0.3 is 10.2 Å². The lowest BCUT2D eigenvalue weighted by atomic mass is 9.83. The van der Waals surface area contributed by atoms with Crippen molar-refractivity contribution in [3.8, 4) is 11.4 Å². The van der Waals surface area contributed by atoms with Gasteiger partial charge in [0.2, 0.25) is 5.91 Å². The third-order valence-corrected chi connectivity index (χ3v) is 5.53. The van der Waals surface area contributed by atoms with Gasteiger partial charge in [-0.05, 0) is 37.8 Å². The minimum atomic E-state index is 0.262. The molecule has 2 aromatic heterocycles. The SMILES string of the molecule is CNc1cc(C2CCCN(C(=O)C3CCC3)C2)nc(-c2cccnc2)n1. The summed E-state index contributed by atoms with van der Waals surface area (Å²) < 4.78 is 0. The van der Waals surface area contributed by atoms with Crippen molar-refractivity contribution in [3.63, 3.8) is 0 Å². The Hall–Kier alpha value is -2.50. The fourth-order valence-electron chi connectivity index (χ4n) is 3.76. The molecule has 0 aromatic carbocycles. The Morgan fingerprint density at radius 3 is 2.81 bits per heavy atom. The number of carbonyl (C=O) groups excluding carboxylic acids is 1. The molecule has 136 valence electrons. The fourth-order valence-corrected chi connectivity index (χ4v) is 3.76. The summed E-state index contributed by atoms with van der Waals surface area (Å²) in [6.07, 6.45) is 8.93. The first-order chi connectivity index (χ1) is 12.7. The van der Waals surface area contributed by atoms with Gasteiger partial charge in [-0.25, -0.2) is 9.97 Å². The minimum absolute atomic E-state index is 0.262. The van der Waals surface area contributed by atoms with Crippen molar-refractivity contribution in [2.45, 2.75) is 38.0 Å². The molecule has 1 unspecified atom stereocenters. The van der Waals surface area contributed by atoms with Gasteiger partial charge in [-0.15, -0.1) is 0 Å². The van der Waals surface area contributed by atoms with E-state index < -0.39 is 0 Å². The number of hydrogen-bond donors (Lipinski definition) is 1. The second kappa shape index (κ2) is 7.40. The van der Waals surface area contributed by atoms with Gasteiger partial charge >= 0.3 is 0 Å². The molecule has 2 aromatic rings. The molecule has 1 atom stereocenters. The first-order valence-electron chi connectivity index (χ1n) is 9.50. The maximum atomic E-state index is 12.6. The molecule has 4 rings (SSSR count). The van der Waals surface area contributed by atoms with Crippen LogP contribution in [-0.4, -0.2) is 45.9 Å².